The zero-order valence-electron chi connectivity index (χ0n) is 18.2. The summed E-state index contributed by atoms with van der Waals surface area (Å²) in [6, 6.07) is 0. The van der Waals surface area contributed by atoms with Crippen LogP contribution in [0.5, 0.6) is 0 Å². The average molecular weight is 393 g/mol. The van der Waals surface area contributed by atoms with Crippen LogP contribution in [0.4, 0.5) is 0 Å². The fraction of sp³-hybridized carbons (Fsp3) is 0.880. The quantitative estimate of drug-likeness (QED) is 0.219. The molecule has 2 N–H and O–H groups in total. The van der Waals surface area contributed by atoms with Gasteiger partial charge >= 0.3 is 5.97 Å². The Labute approximate surface area is 173 Å². The first-order valence-electron chi connectivity index (χ1n) is 12.1. The monoisotopic (exact) mass is 392 g/mol. The molecule has 0 saturated heterocycles. The van der Waals surface area contributed by atoms with Crippen LogP contribution in [-0.4, -0.2) is 16.2 Å². The van der Waals surface area contributed by atoms with E-state index in [0.29, 0.717) is 5.76 Å². The third kappa shape index (κ3) is 6.81. The number of aliphatic hydroxyl groups excluding tert-OH is 1. The van der Waals surface area contributed by atoms with E-state index in [1.807, 2.05) is 0 Å². The minimum Gasteiger partial charge on any atom is -0.512 e. The summed E-state index contributed by atoms with van der Waals surface area (Å²) in [6.07, 6.45) is 23.4. The Morgan fingerprint density at radius 3 is 1.29 bits per heavy atom. The number of hydrogen-bond donors (Lipinski definition) is 2. The molecule has 2 aliphatic carbocycles. The van der Waals surface area contributed by atoms with Gasteiger partial charge in [-0.3, -0.25) is 4.79 Å². The van der Waals surface area contributed by atoms with Gasteiger partial charge in [-0.25, -0.2) is 0 Å². The lowest BCUT2D eigenvalue weighted by Crippen LogP contribution is -2.27. The van der Waals surface area contributed by atoms with Gasteiger partial charge in [-0.2, -0.15) is 0 Å². The maximum absolute atomic E-state index is 11.5. The van der Waals surface area contributed by atoms with Gasteiger partial charge in [0.15, 0.2) is 0 Å². The number of hydrogen-bond acceptors (Lipinski definition) is 2. The summed E-state index contributed by atoms with van der Waals surface area (Å²) >= 11 is 0. The first-order valence-corrected chi connectivity index (χ1v) is 12.1. The third-order valence-corrected chi connectivity index (χ3v) is 7.75. The van der Waals surface area contributed by atoms with Crippen LogP contribution in [0.3, 0.4) is 0 Å². The van der Waals surface area contributed by atoms with Crippen molar-refractivity contribution in [2.24, 2.45) is 10.8 Å². The smallest absolute Gasteiger partial charge is 0.309 e. The number of rotatable bonds is 15. The Bertz CT molecular complexity index is 426. The van der Waals surface area contributed by atoms with E-state index in [9.17, 15) is 15.0 Å². The van der Waals surface area contributed by atoms with Crippen LogP contribution in [0.25, 0.3) is 0 Å². The molecule has 28 heavy (non-hydrogen) atoms. The molecule has 0 unspecified atom stereocenters. The van der Waals surface area contributed by atoms with Crippen molar-refractivity contribution < 1.29 is 15.0 Å². The van der Waals surface area contributed by atoms with Crippen molar-refractivity contribution in [3.05, 3.63) is 12.3 Å². The normalized spacial score (nSPS) is 20.4. The molecule has 2 fully saturated rings. The maximum atomic E-state index is 11.5. The summed E-state index contributed by atoms with van der Waals surface area (Å²) in [6.45, 7) is 3.84. The highest BCUT2D eigenvalue weighted by atomic mass is 16.4. The lowest BCUT2D eigenvalue weighted by molar-refractivity contribution is -0.149. The highest BCUT2D eigenvalue weighted by Gasteiger charge is 2.40. The number of carboxylic acid groups (broad SMARTS) is 1. The van der Waals surface area contributed by atoms with Gasteiger partial charge in [-0.15, -0.1) is 0 Å². The van der Waals surface area contributed by atoms with E-state index < -0.39 is 5.97 Å². The first kappa shape index (κ1) is 23.3. The molecule has 0 atom stereocenters. The zero-order chi connectivity index (χ0) is 20.3. The van der Waals surface area contributed by atoms with Gasteiger partial charge in [0.1, 0.15) is 0 Å². The van der Waals surface area contributed by atoms with Crippen molar-refractivity contribution in [1.29, 1.82) is 0 Å². The Morgan fingerprint density at radius 2 is 0.929 bits per heavy atom. The largest absolute Gasteiger partial charge is 0.512 e. The van der Waals surface area contributed by atoms with Crippen LogP contribution in [0, 0.1) is 10.8 Å². The molecule has 3 nitrogen and oxygen atoms in total. The predicted octanol–water partition coefficient (Wildman–Crippen LogP) is 7.94. The maximum Gasteiger partial charge on any atom is 0.309 e. The summed E-state index contributed by atoms with van der Waals surface area (Å²) in [4.78, 5) is 11.5. The molecular formula is C25H44O3. The molecule has 162 valence electrons. The van der Waals surface area contributed by atoms with Gasteiger partial charge in [0.05, 0.1) is 11.2 Å². The van der Waals surface area contributed by atoms with Crippen molar-refractivity contribution in [1.82, 2.24) is 0 Å². The van der Waals surface area contributed by atoms with E-state index in [1.165, 1.54) is 70.6 Å². The molecular weight excluding hydrogens is 348 g/mol. The fourth-order valence-corrected chi connectivity index (χ4v) is 5.70. The van der Waals surface area contributed by atoms with Crippen LogP contribution < -0.4 is 0 Å². The number of aliphatic carboxylic acids is 1. The van der Waals surface area contributed by atoms with Gasteiger partial charge in [0, 0.05) is 5.41 Å². The van der Waals surface area contributed by atoms with Crippen molar-refractivity contribution in [3.63, 3.8) is 0 Å². The molecule has 2 aliphatic rings. The van der Waals surface area contributed by atoms with Gasteiger partial charge in [0.25, 0.3) is 0 Å². The van der Waals surface area contributed by atoms with E-state index in [4.69, 9.17) is 0 Å². The van der Waals surface area contributed by atoms with Crippen LogP contribution in [-0.2, 0) is 4.79 Å². The fourth-order valence-electron chi connectivity index (χ4n) is 5.70. The number of carbonyl (C=O) groups is 1. The topological polar surface area (TPSA) is 57.5 Å². The molecule has 0 aliphatic heterocycles. The van der Waals surface area contributed by atoms with E-state index in [0.717, 1.165) is 57.8 Å². The first-order chi connectivity index (χ1) is 13.5. The molecule has 0 aromatic carbocycles. The van der Waals surface area contributed by atoms with Crippen LogP contribution in [0.15, 0.2) is 12.3 Å². The molecule has 3 heteroatoms. The number of carboxylic acids is 1. The SMILES string of the molecule is C=C(O)C1(CCCCCCCCCCCCC2(C(=O)O)CCCC2)CCCC1. The second kappa shape index (κ2) is 11.9. The minimum atomic E-state index is -0.549. The Morgan fingerprint density at radius 1 is 0.607 bits per heavy atom. The highest BCUT2D eigenvalue weighted by Crippen LogP contribution is 2.46. The lowest BCUT2D eigenvalue weighted by Gasteiger charge is -2.27. The number of allylic oxidation sites excluding steroid dienone is 1. The number of unbranched alkanes of at least 4 members (excludes halogenated alkanes) is 9. The van der Waals surface area contributed by atoms with Crippen LogP contribution >= 0.6 is 0 Å². The van der Waals surface area contributed by atoms with E-state index in [2.05, 4.69) is 6.58 Å². The van der Waals surface area contributed by atoms with Crippen LogP contribution in [0.1, 0.15) is 128 Å². The molecule has 0 aromatic rings. The van der Waals surface area contributed by atoms with Crippen molar-refractivity contribution >= 4 is 5.97 Å². The lowest BCUT2D eigenvalue weighted by atomic mass is 9.79. The predicted molar refractivity (Wildman–Crippen MR) is 117 cm³/mol. The molecule has 2 rings (SSSR count). The second-order valence-electron chi connectivity index (χ2n) is 9.76. The standard InChI is InChI=1S/C25H44O3/c1-22(26)24(17-12-13-18-24)16-10-8-6-4-2-3-5-7-9-11-19-25(23(27)28)20-14-15-21-25/h26H,1-21H2,(H,27,28). The summed E-state index contributed by atoms with van der Waals surface area (Å²) < 4.78 is 0. The molecule has 0 amide bonds. The minimum absolute atomic E-state index is 0.0533. The summed E-state index contributed by atoms with van der Waals surface area (Å²) in [5.74, 6) is -0.112. The van der Waals surface area contributed by atoms with Crippen molar-refractivity contribution in [3.8, 4) is 0 Å². The van der Waals surface area contributed by atoms with Gasteiger partial charge in [-0.05, 0) is 38.5 Å². The molecule has 0 heterocycles. The molecule has 0 spiro atoms. The van der Waals surface area contributed by atoms with E-state index in [1.54, 1.807) is 0 Å². The van der Waals surface area contributed by atoms with E-state index in [-0.39, 0.29) is 10.8 Å². The zero-order valence-corrected chi connectivity index (χ0v) is 18.2. The van der Waals surface area contributed by atoms with Gasteiger partial charge in [-0.1, -0.05) is 96.5 Å². The Balaban J connectivity index is 1.40. The van der Waals surface area contributed by atoms with Gasteiger partial charge < -0.3 is 10.2 Å². The van der Waals surface area contributed by atoms with Crippen molar-refractivity contribution in [2.75, 3.05) is 0 Å². The van der Waals surface area contributed by atoms with Gasteiger partial charge in [0.2, 0.25) is 0 Å². The molecule has 0 radical (unpaired) electrons. The highest BCUT2D eigenvalue weighted by molar-refractivity contribution is 5.74. The molecule has 0 bridgehead atoms. The summed E-state index contributed by atoms with van der Waals surface area (Å²) in [5, 5.41) is 19.5. The van der Waals surface area contributed by atoms with Crippen molar-refractivity contribution in [2.45, 2.75) is 128 Å². The van der Waals surface area contributed by atoms with Crippen LogP contribution in [0.2, 0.25) is 0 Å². The second-order valence-corrected chi connectivity index (χ2v) is 9.76. The molecule has 0 aromatic heterocycles. The average Bonchev–Trinajstić information content (AvgIpc) is 3.33. The van der Waals surface area contributed by atoms with E-state index >= 15 is 0 Å². The third-order valence-electron chi connectivity index (χ3n) is 7.75. The Kier molecular flexibility index (Phi) is 9.88. The summed E-state index contributed by atoms with van der Waals surface area (Å²) in [7, 11) is 0. The summed E-state index contributed by atoms with van der Waals surface area (Å²) in [5.41, 5.74) is -0.322. The number of aliphatic hydroxyl groups is 1. The Hall–Kier alpha value is -0.990. The molecule has 2 saturated carbocycles.